The maximum Gasteiger partial charge on any atom is 0.0938 e. The average Bonchev–Trinajstić information content (AvgIpc) is 2.67. The van der Waals surface area contributed by atoms with Gasteiger partial charge in [-0.2, -0.15) is 5.10 Å². The Balaban J connectivity index is 2.36. The molecule has 0 atom stereocenters. The Kier molecular flexibility index (Phi) is 2.08. The molecule has 2 rings (SSSR count). The molecule has 13 heavy (non-hydrogen) atoms. The first-order valence-electron chi connectivity index (χ1n) is 4.34. The van der Waals surface area contributed by atoms with Crippen molar-refractivity contribution in [3.63, 3.8) is 0 Å². The van der Waals surface area contributed by atoms with E-state index in [1.54, 1.807) is 6.20 Å². The Labute approximate surface area is 77.0 Å². The van der Waals surface area contributed by atoms with E-state index in [1.807, 2.05) is 35.3 Å². The van der Waals surface area contributed by atoms with E-state index in [1.165, 1.54) is 0 Å². The number of aryl methyl sites for hydroxylation is 1. The van der Waals surface area contributed by atoms with Gasteiger partial charge in [0.2, 0.25) is 0 Å². The molecule has 0 spiro atoms. The number of nitrogens with zero attached hydrogens (tertiary/aromatic N) is 3. The summed E-state index contributed by atoms with van der Waals surface area (Å²) in [5.41, 5.74) is 2.05. The van der Waals surface area contributed by atoms with E-state index in [9.17, 15) is 0 Å². The maximum atomic E-state index is 4.38. The van der Waals surface area contributed by atoms with Crippen LogP contribution < -0.4 is 0 Å². The minimum atomic E-state index is 0.903. The van der Waals surface area contributed by atoms with Crippen LogP contribution in [0.1, 0.15) is 6.92 Å². The molecule has 0 aliphatic carbocycles. The summed E-state index contributed by atoms with van der Waals surface area (Å²) < 4.78 is 1.91. The van der Waals surface area contributed by atoms with Crippen LogP contribution in [0.15, 0.2) is 36.8 Å². The van der Waals surface area contributed by atoms with Crippen molar-refractivity contribution >= 4 is 0 Å². The zero-order valence-corrected chi connectivity index (χ0v) is 7.51. The van der Waals surface area contributed by atoms with Crippen LogP contribution >= 0.6 is 0 Å². The normalized spacial score (nSPS) is 10.2. The van der Waals surface area contributed by atoms with Gasteiger partial charge in [0.05, 0.1) is 5.69 Å². The van der Waals surface area contributed by atoms with Crippen molar-refractivity contribution in [2.75, 3.05) is 0 Å². The zero-order chi connectivity index (χ0) is 9.10. The molecule has 0 saturated carbocycles. The number of hydrogen-bond acceptors (Lipinski definition) is 2. The summed E-state index contributed by atoms with van der Waals surface area (Å²) >= 11 is 0. The Morgan fingerprint density at radius 1 is 1.38 bits per heavy atom. The Morgan fingerprint density at radius 3 is 2.92 bits per heavy atom. The summed E-state index contributed by atoms with van der Waals surface area (Å²) in [6.07, 6.45) is 5.56. The van der Waals surface area contributed by atoms with E-state index in [4.69, 9.17) is 0 Å². The lowest BCUT2D eigenvalue weighted by Gasteiger charge is -1.94. The van der Waals surface area contributed by atoms with E-state index in [0.717, 1.165) is 17.8 Å². The Hall–Kier alpha value is -1.64. The van der Waals surface area contributed by atoms with Gasteiger partial charge >= 0.3 is 0 Å². The van der Waals surface area contributed by atoms with Gasteiger partial charge in [0, 0.05) is 30.7 Å². The topological polar surface area (TPSA) is 30.7 Å². The second-order valence-electron chi connectivity index (χ2n) is 2.80. The van der Waals surface area contributed by atoms with Gasteiger partial charge < -0.3 is 0 Å². The van der Waals surface area contributed by atoms with Crippen molar-refractivity contribution in [1.82, 2.24) is 14.8 Å². The van der Waals surface area contributed by atoms with Gasteiger partial charge in [0.25, 0.3) is 0 Å². The van der Waals surface area contributed by atoms with Crippen LogP contribution in [0.3, 0.4) is 0 Å². The van der Waals surface area contributed by atoms with Crippen LogP contribution in [0.2, 0.25) is 0 Å². The van der Waals surface area contributed by atoms with Gasteiger partial charge in [-0.1, -0.05) is 0 Å². The van der Waals surface area contributed by atoms with Gasteiger partial charge in [-0.15, -0.1) is 0 Å². The molecule has 66 valence electrons. The summed E-state index contributed by atoms with van der Waals surface area (Å²) in [5, 5.41) is 4.38. The van der Waals surface area contributed by atoms with Crippen LogP contribution in [0, 0.1) is 0 Å². The molecule has 0 aliphatic heterocycles. The van der Waals surface area contributed by atoms with E-state index in [-0.39, 0.29) is 0 Å². The summed E-state index contributed by atoms with van der Waals surface area (Å²) in [5.74, 6) is 0. The van der Waals surface area contributed by atoms with Gasteiger partial charge in [-0.3, -0.25) is 9.67 Å². The average molecular weight is 173 g/mol. The lowest BCUT2D eigenvalue weighted by atomic mass is 10.2. The van der Waals surface area contributed by atoms with Crippen LogP contribution in [0.4, 0.5) is 0 Å². The predicted octanol–water partition coefficient (Wildman–Crippen LogP) is 1.96. The second-order valence-corrected chi connectivity index (χ2v) is 2.80. The first-order valence-corrected chi connectivity index (χ1v) is 4.34. The quantitative estimate of drug-likeness (QED) is 0.695. The minimum Gasteiger partial charge on any atom is -0.272 e. The van der Waals surface area contributed by atoms with Crippen LogP contribution in [-0.4, -0.2) is 14.8 Å². The molecular weight excluding hydrogens is 162 g/mol. The van der Waals surface area contributed by atoms with E-state index in [0.29, 0.717) is 0 Å². The molecule has 2 aromatic heterocycles. The van der Waals surface area contributed by atoms with E-state index >= 15 is 0 Å². The smallest absolute Gasteiger partial charge is 0.0938 e. The van der Waals surface area contributed by atoms with Crippen molar-refractivity contribution in [2.45, 2.75) is 13.5 Å². The molecule has 0 N–H and O–H groups in total. The maximum absolute atomic E-state index is 4.38. The molecule has 0 aliphatic rings. The van der Waals surface area contributed by atoms with Gasteiger partial charge in [0.15, 0.2) is 0 Å². The summed E-state index contributed by atoms with van der Waals surface area (Å²) in [7, 11) is 0. The van der Waals surface area contributed by atoms with Crippen molar-refractivity contribution in [3.8, 4) is 11.3 Å². The number of aromatic nitrogens is 3. The van der Waals surface area contributed by atoms with Gasteiger partial charge in [-0.05, 0) is 25.1 Å². The van der Waals surface area contributed by atoms with Crippen LogP contribution in [-0.2, 0) is 6.54 Å². The molecule has 0 amide bonds. The third-order valence-electron chi connectivity index (χ3n) is 1.92. The van der Waals surface area contributed by atoms with Crippen LogP contribution in [0.5, 0.6) is 0 Å². The first-order chi connectivity index (χ1) is 6.40. The van der Waals surface area contributed by atoms with Crippen molar-refractivity contribution in [2.24, 2.45) is 0 Å². The minimum absolute atomic E-state index is 0.903. The number of hydrogen-bond donors (Lipinski definition) is 0. The van der Waals surface area contributed by atoms with Crippen molar-refractivity contribution in [1.29, 1.82) is 0 Å². The molecule has 0 unspecified atom stereocenters. The summed E-state index contributed by atoms with van der Waals surface area (Å²) in [6, 6.07) is 5.93. The molecule has 3 heteroatoms. The van der Waals surface area contributed by atoms with Crippen LogP contribution in [0.25, 0.3) is 11.3 Å². The lowest BCUT2D eigenvalue weighted by molar-refractivity contribution is 0.662. The van der Waals surface area contributed by atoms with Crippen molar-refractivity contribution in [3.05, 3.63) is 36.8 Å². The molecule has 3 nitrogen and oxygen atoms in total. The predicted molar refractivity (Wildman–Crippen MR) is 51.1 cm³/mol. The van der Waals surface area contributed by atoms with Gasteiger partial charge in [-0.25, -0.2) is 0 Å². The zero-order valence-electron chi connectivity index (χ0n) is 7.51. The standard InChI is InChI=1S/C10H11N3/c1-2-13-7-5-10(12-13)9-4-3-6-11-8-9/h3-8H,2H2,1H3. The molecule has 0 radical (unpaired) electrons. The highest BCUT2D eigenvalue weighted by Gasteiger charge is 1.99. The summed E-state index contributed by atoms with van der Waals surface area (Å²) in [6.45, 7) is 2.97. The molecule has 2 aromatic rings. The Morgan fingerprint density at radius 2 is 2.31 bits per heavy atom. The molecule has 0 fully saturated rings. The summed E-state index contributed by atoms with van der Waals surface area (Å²) in [4.78, 5) is 4.05. The fourth-order valence-electron chi connectivity index (χ4n) is 1.21. The highest BCUT2D eigenvalue weighted by Crippen LogP contribution is 2.14. The van der Waals surface area contributed by atoms with Crippen molar-refractivity contribution < 1.29 is 0 Å². The van der Waals surface area contributed by atoms with E-state index in [2.05, 4.69) is 17.0 Å². The molecule has 0 saturated heterocycles. The third kappa shape index (κ3) is 1.59. The molecule has 0 bridgehead atoms. The molecule has 2 heterocycles. The second kappa shape index (κ2) is 3.39. The number of pyridine rings is 1. The van der Waals surface area contributed by atoms with Gasteiger partial charge in [0.1, 0.15) is 0 Å². The third-order valence-corrected chi connectivity index (χ3v) is 1.92. The fourth-order valence-corrected chi connectivity index (χ4v) is 1.21. The Bertz CT molecular complexity index is 378. The monoisotopic (exact) mass is 173 g/mol. The first kappa shape index (κ1) is 7.98. The fraction of sp³-hybridized carbons (Fsp3) is 0.200. The molecule has 0 aromatic carbocycles. The highest BCUT2D eigenvalue weighted by molar-refractivity contribution is 5.56. The number of rotatable bonds is 2. The van der Waals surface area contributed by atoms with E-state index < -0.39 is 0 Å². The largest absolute Gasteiger partial charge is 0.272 e. The highest BCUT2D eigenvalue weighted by atomic mass is 15.3. The molecular formula is C10H11N3. The lowest BCUT2D eigenvalue weighted by Crippen LogP contribution is -1.93. The SMILES string of the molecule is CCn1ccc(-c2cccnc2)n1.